The largest absolute Gasteiger partial charge is 0.449 e. The van der Waals surface area contributed by atoms with Crippen LogP contribution in [0.2, 0.25) is 5.02 Å². The van der Waals surface area contributed by atoms with Crippen LogP contribution in [-0.2, 0) is 11.2 Å². The summed E-state index contributed by atoms with van der Waals surface area (Å²) < 4.78 is 11.3. The molecule has 0 fully saturated rings. The Morgan fingerprint density at radius 2 is 2.15 bits per heavy atom. The first-order valence-electron chi connectivity index (χ1n) is 10.0. The van der Waals surface area contributed by atoms with Crippen LogP contribution in [0.15, 0.2) is 28.2 Å². The Bertz CT molecular complexity index is 1270. The highest BCUT2D eigenvalue weighted by Crippen LogP contribution is 2.44. The van der Waals surface area contributed by atoms with Crippen LogP contribution in [-0.4, -0.2) is 42.9 Å². The summed E-state index contributed by atoms with van der Waals surface area (Å²) in [6.07, 6.45) is 1.09. The topological polar surface area (TPSA) is 118 Å². The van der Waals surface area contributed by atoms with Crippen molar-refractivity contribution in [3.05, 3.63) is 44.3 Å². The number of fused-ring (bicyclic) bond motifs is 1. The summed E-state index contributed by atoms with van der Waals surface area (Å²) in [6, 6.07) is 5.59. The van der Waals surface area contributed by atoms with Gasteiger partial charge in [0.05, 0.1) is 28.0 Å². The normalized spacial score (nSPS) is 13.0. The van der Waals surface area contributed by atoms with Crippen LogP contribution in [0.5, 0.6) is 5.06 Å². The van der Waals surface area contributed by atoms with Gasteiger partial charge in [-0.25, -0.2) is 14.6 Å². The Balaban J connectivity index is 1.59. The molecule has 0 bridgehead atoms. The van der Waals surface area contributed by atoms with Crippen molar-refractivity contribution in [1.29, 1.82) is 0 Å². The number of thiophene rings is 1. The van der Waals surface area contributed by atoms with Gasteiger partial charge in [-0.3, -0.25) is 4.90 Å². The van der Waals surface area contributed by atoms with E-state index in [-0.39, 0.29) is 11.1 Å². The molecule has 3 heterocycles. The third kappa shape index (κ3) is 5.03. The molecule has 0 aliphatic carbocycles. The fourth-order valence-electron chi connectivity index (χ4n) is 3.21. The molecule has 0 unspecified atom stereocenters. The van der Waals surface area contributed by atoms with Crippen LogP contribution in [0.25, 0.3) is 0 Å². The Labute approximate surface area is 212 Å². The number of hydrogen-bond acceptors (Lipinski definition) is 9. The summed E-state index contributed by atoms with van der Waals surface area (Å²) in [4.78, 5) is 33.9. The molecule has 4 rings (SSSR count). The number of nitrogens with zero attached hydrogens (tertiary/aromatic N) is 3. The summed E-state index contributed by atoms with van der Waals surface area (Å²) in [7, 11) is 3.16. The van der Waals surface area contributed by atoms with Crippen LogP contribution in [0, 0.1) is 6.92 Å². The van der Waals surface area contributed by atoms with E-state index in [0.717, 1.165) is 26.3 Å². The second kappa shape index (κ2) is 10.0. The minimum absolute atomic E-state index is 0.289. The molecule has 0 spiro atoms. The van der Waals surface area contributed by atoms with Crippen molar-refractivity contribution in [2.24, 2.45) is 0 Å². The standard InChI is InChI=1S/C21H20BrClN6O4S/c1-10-15(18(34-16(10)22)33-20(30)24-2)27-17-13(23)9-25-19(28-17)26-12-4-5-14-11(8-12)6-7-32-21(31)29(14)3/h4-5,8-9H,6-7H2,1-3H3,(H,24,30)(H2,25,26,27,28). The van der Waals surface area contributed by atoms with Crippen LogP contribution >= 0.6 is 38.9 Å². The molecule has 0 radical (unpaired) electrons. The van der Waals surface area contributed by atoms with Crippen molar-refractivity contribution in [3.8, 4) is 5.06 Å². The molecular formula is C21H20BrClN6O4S. The molecule has 34 heavy (non-hydrogen) atoms. The molecule has 178 valence electrons. The lowest BCUT2D eigenvalue weighted by atomic mass is 10.1. The summed E-state index contributed by atoms with van der Waals surface area (Å²) in [5, 5.41) is 9.38. The van der Waals surface area contributed by atoms with Gasteiger partial charge in [0.15, 0.2) is 5.82 Å². The van der Waals surface area contributed by atoms with E-state index in [9.17, 15) is 9.59 Å². The van der Waals surface area contributed by atoms with Gasteiger partial charge in [-0.2, -0.15) is 4.98 Å². The zero-order valence-corrected chi connectivity index (χ0v) is 21.5. The van der Waals surface area contributed by atoms with Gasteiger partial charge in [0.2, 0.25) is 11.0 Å². The fourth-order valence-corrected chi connectivity index (χ4v) is 4.83. The van der Waals surface area contributed by atoms with Crippen molar-refractivity contribution < 1.29 is 19.1 Å². The number of nitrogens with one attached hydrogen (secondary N) is 3. The van der Waals surface area contributed by atoms with Gasteiger partial charge in [0, 0.05) is 31.8 Å². The van der Waals surface area contributed by atoms with Crippen molar-refractivity contribution in [1.82, 2.24) is 15.3 Å². The van der Waals surface area contributed by atoms with E-state index in [1.165, 1.54) is 29.5 Å². The Morgan fingerprint density at radius 3 is 2.91 bits per heavy atom. The van der Waals surface area contributed by atoms with Gasteiger partial charge in [-0.15, -0.1) is 0 Å². The van der Waals surface area contributed by atoms with E-state index in [1.807, 2.05) is 25.1 Å². The second-order valence-corrected chi connectivity index (χ2v) is 9.92. The number of aromatic nitrogens is 2. The minimum Gasteiger partial charge on any atom is -0.449 e. The molecule has 2 aromatic heterocycles. The molecule has 3 aromatic rings. The number of halogens is 2. The summed E-state index contributed by atoms with van der Waals surface area (Å²) in [5.41, 5.74) is 3.88. The monoisotopic (exact) mass is 566 g/mol. The molecule has 2 amide bonds. The lowest BCUT2D eigenvalue weighted by Gasteiger charge is -2.17. The average Bonchev–Trinajstić information content (AvgIpc) is 2.98. The zero-order valence-electron chi connectivity index (χ0n) is 18.4. The number of benzene rings is 1. The van der Waals surface area contributed by atoms with Crippen molar-refractivity contribution >= 4 is 79.9 Å². The maximum atomic E-state index is 11.9. The summed E-state index contributed by atoms with van der Waals surface area (Å²) >= 11 is 11.1. The Kier molecular flexibility index (Phi) is 7.10. The second-order valence-electron chi connectivity index (χ2n) is 7.21. The molecule has 1 aliphatic rings. The van der Waals surface area contributed by atoms with Crippen LogP contribution < -0.4 is 25.6 Å². The Morgan fingerprint density at radius 1 is 1.35 bits per heavy atom. The molecule has 0 saturated carbocycles. The van der Waals surface area contributed by atoms with E-state index < -0.39 is 6.09 Å². The predicted molar refractivity (Wildman–Crippen MR) is 135 cm³/mol. The van der Waals surface area contributed by atoms with Gasteiger partial charge >= 0.3 is 12.2 Å². The van der Waals surface area contributed by atoms with Gasteiger partial charge < -0.3 is 25.4 Å². The molecular weight excluding hydrogens is 548 g/mol. The van der Waals surface area contributed by atoms with Gasteiger partial charge in [-0.1, -0.05) is 22.9 Å². The first-order chi connectivity index (χ1) is 16.3. The maximum absolute atomic E-state index is 11.9. The van der Waals surface area contributed by atoms with E-state index in [4.69, 9.17) is 21.1 Å². The van der Waals surface area contributed by atoms with Crippen molar-refractivity contribution in [3.63, 3.8) is 0 Å². The van der Waals surface area contributed by atoms with E-state index in [1.54, 1.807) is 7.05 Å². The Hall–Kier alpha value is -3.09. The van der Waals surface area contributed by atoms with Crippen LogP contribution in [0.3, 0.4) is 0 Å². The molecule has 10 nitrogen and oxygen atoms in total. The number of carbonyl (C=O) groups is 2. The van der Waals surface area contributed by atoms with E-state index in [0.29, 0.717) is 35.5 Å². The third-order valence-electron chi connectivity index (χ3n) is 5.00. The van der Waals surface area contributed by atoms with E-state index >= 15 is 0 Å². The van der Waals surface area contributed by atoms with Gasteiger partial charge in [0.25, 0.3) is 0 Å². The van der Waals surface area contributed by atoms with Crippen LogP contribution in [0.4, 0.5) is 38.4 Å². The summed E-state index contributed by atoms with van der Waals surface area (Å²) in [6.45, 7) is 2.18. The number of amides is 2. The molecule has 0 atom stereocenters. The molecule has 13 heteroatoms. The number of cyclic esters (lactones) is 1. The number of anilines is 5. The quantitative estimate of drug-likeness (QED) is 0.365. The smallest absolute Gasteiger partial charge is 0.414 e. The predicted octanol–water partition coefficient (Wildman–Crippen LogP) is 5.60. The highest BCUT2D eigenvalue weighted by Gasteiger charge is 2.21. The van der Waals surface area contributed by atoms with Gasteiger partial charge in [0.1, 0.15) is 5.02 Å². The highest BCUT2D eigenvalue weighted by molar-refractivity contribution is 9.11. The highest BCUT2D eigenvalue weighted by atomic mass is 79.9. The van der Waals surface area contributed by atoms with Gasteiger partial charge in [-0.05, 0) is 46.6 Å². The van der Waals surface area contributed by atoms with Crippen molar-refractivity contribution in [2.45, 2.75) is 13.3 Å². The van der Waals surface area contributed by atoms with Crippen LogP contribution in [0.1, 0.15) is 11.1 Å². The molecule has 3 N–H and O–H groups in total. The average molecular weight is 568 g/mol. The van der Waals surface area contributed by atoms with E-state index in [2.05, 4.69) is 41.8 Å². The first kappa shape index (κ1) is 24.0. The molecule has 1 aliphatic heterocycles. The molecule has 0 saturated heterocycles. The van der Waals surface area contributed by atoms with Crippen molar-refractivity contribution in [2.75, 3.05) is 36.2 Å². The first-order valence-corrected chi connectivity index (χ1v) is 12.0. The lowest BCUT2D eigenvalue weighted by Crippen LogP contribution is -2.25. The summed E-state index contributed by atoms with van der Waals surface area (Å²) in [5.74, 6) is 0.643. The molecule has 1 aromatic carbocycles. The maximum Gasteiger partial charge on any atom is 0.414 e. The number of rotatable bonds is 5. The third-order valence-corrected chi connectivity index (χ3v) is 7.32. The zero-order chi connectivity index (χ0) is 24.4. The minimum atomic E-state index is -0.589. The number of ether oxygens (including phenoxy) is 2. The number of carbonyl (C=O) groups excluding carboxylic acids is 2. The fraction of sp³-hybridized carbons (Fsp3) is 0.238. The number of hydrogen-bond donors (Lipinski definition) is 3. The lowest BCUT2D eigenvalue weighted by molar-refractivity contribution is 0.159. The SMILES string of the molecule is CNC(=O)Oc1sc(Br)c(C)c1Nc1nc(Nc2ccc3c(c2)CCOC(=O)N3C)ncc1Cl.